The lowest BCUT2D eigenvalue weighted by Crippen LogP contribution is -2.03. The van der Waals surface area contributed by atoms with Crippen LogP contribution in [-0.2, 0) is 16.1 Å². The molecule has 0 saturated heterocycles. The Hall–Kier alpha value is -0.800. The molecule has 0 spiro atoms. The van der Waals surface area contributed by atoms with Crippen LogP contribution >= 0.6 is 0 Å². The zero-order chi connectivity index (χ0) is 9.52. The summed E-state index contributed by atoms with van der Waals surface area (Å²) in [5, 5.41) is 0. The van der Waals surface area contributed by atoms with Crippen LogP contribution < -0.4 is 0 Å². The number of hydrogen-bond donors (Lipinski definition) is 0. The number of aryl methyl sites for hydroxylation is 1. The maximum Gasteiger partial charge on any atom is 0.129 e. The first kappa shape index (κ1) is 10.3. The molecule has 0 bridgehead atoms. The van der Waals surface area contributed by atoms with Crippen molar-refractivity contribution in [3.05, 3.63) is 23.7 Å². The highest BCUT2D eigenvalue weighted by atomic mass is 16.5. The van der Waals surface area contributed by atoms with Gasteiger partial charge in [0.15, 0.2) is 0 Å². The third kappa shape index (κ3) is 4.10. The van der Waals surface area contributed by atoms with Crippen molar-refractivity contribution in [2.45, 2.75) is 20.5 Å². The van der Waals surface area contributed by atoms with Gasteiger partial charge in [-0.2, -0.15) is 0 Å². The molecule has 0 amide bonds. The Morgan fingerprint density at radius 1 is 1.23 bits per heavy atom. The van der Waals surface area contributed by atoms with Gasteiger partial charge in [-0.05, 0) is 26.0 Å². The Morgan fingerprint density at radius 3 is 2.62 bits per heavy atom. The van der Waals surface area contributed by atoms with E-state index in [0.717, 1.165) is 18.1 Å². The van der Waals surface area contributed by atoms with Crippen LogP contribution in [0.4, 0.5) is 0 Å². The zero-order valence-corrected chi connectivity index (χ0v) is 8.21. The van der Waals surface area contributed by atoms with Gasteiger partial charge in [-0.1, -0.05) is 0 Å². The molecule has 1 heterocycles. The number of furan rings is 1. The minimum absolute atomic E-state index is 0.529. The first-order valence-electron chi connectivity index (χ1n) is 4.53. The van der Waals surface area contributed by atoms with Gasteiger partial charge >= 0.3 is 0 Å². The minimum Gasteiger partial charge on any atom is -0.464 e. The van der Waals surface area contributed by atoms with E-state index in [2.05, 4.69) is 0 Å². The summed E-state index contributed by atoms with van der Waals surface area (Å²) in [5.41, 5.74) is 0. The maximum atomic E-state index is 5.32. The molecule has 0 atom stereocenters. The summed E-state index contributed by atoms with van der Waals surface area (Å²) in [7, 11) is 0. The number of ether oxygens (including phenoxy) is 2. The lowest BCUT2D eigenvalue weighted by Gasteiger charge is -2.01. The summed E-state index contributed by atoms with van der Waals surface area (Å²) >= 11 is 0. The second-order valence-corrected chi connectivity index (χ2v) is 2.76. The van der Waals surface area contributed by atoms with E-state index in [9.17, 15) is 0 Å². The molecule has 0 aliphatic heterocycles. The topological polar surface area (TPSA) is 31.6 Å². The molecule has 13 heavy (non-hydrogen) atoms. The van der Waals surface area contributed by atoms with E-state index in [1.165, 1.54) is 0 Å². The van der Waals surface area contributed by atoms with E-state index in [1.807, 2.05) is 26.0 Å². The van der Waals surface area contributed by atoms with Gasteiger partial charge in [0, 0.05) is 6.61 Å². The van der Waals surface area contributed by atoms with E-state index < -0.39 is 0 Å². The Morgan fingerprint density at radius 2 is 2.00 bits per heavy atom. The Kier molecular flexibility index (Phi) is 4.57. The van der Waals surface area contributed by atoms with E-state index in [1.54, 1.807) is 0 Å². The van der Waals surface area contributed by atoms with Gasteiger partial charge in [0.25, 0.3) is 0 Å². The molecular weight excluding hydrogens is 168 g/mol. The number of hydrogen-bond acceptors (Lipinski definition) is 3. The predicted octanol–water partition coefficient (Wildman–Crippen LogP) is 2.14. The highest BCUT2D eigenvalue weighted by molar-refractivity contribution is 5.04. The Bertz CT molecular complexity index is 230. The Labute approximate surface area is 78.6 Å². The quantitative estimate of drug-likeness (QED) is 0.635. The molecule has 3 nitrogen and oxygen atoms in total. The average Bonchev–Trinajstić information content (AvgIpc) is 2.51. The van der Waals surface area contributed by atoms with E-state index in [0.29, 0.717) is 19.8 Å². The molecule has 3 heteroatoms. The fraction of sp³-hybridized carbons (Fsp3) is 0.600. The van der Waals surface area contributed by atoms with Crippen molar-refractivity contribution in [2.24, 2.45) is 0 Å². The van der Waals surface area contributed by atoms with Gasteiger partial charge < -0.3 is 13.9 Å². The van der Waals surface area contributed by atoms with Crippen LogP contribution in [0.15, 0.2) is 16.5 Å². The van der Waals surface area contributed by atoms with Crippen LogP contribution in [0.3, 0.4) is 0 Å². The summed E-state index contributed by atoms with van der Waals surface area (Å²) in [6.07, 6.45) is 0. The fourth-order valence-corrected chi connectivity index (χ4v) is 0.998. The molecule has 0 aliphatic carbocycles. The molecule has 0 aliphatic rings. The number of rotatable bonds is 6. The van der Waals surface area contributed by atoms with Gasteiger partial charge in [-0.25, -0.2) is 0 Å². The van der Waals surface area contributed by atoms with E-state index in [4.69, 9.17) is 13.9 Å². The van der Waals surface area contributed by atoms with Crippen LogP contribution in [0.2, 0.25) is 0 Å². The van der Waals surface area contributed by atoms with Crippen LogP contribution in [-0.4, -0.2) is 19.8 Å². The first-order valence-corrected chi connectivity index (χ1v) is 4.53. The molecule has 1 aromatic heterocycles. The second-order valence-electron chi connectivity index (χ2n) is 2.76. The van der Waals surface area contributed by atoms with Crippen molar-refractivity contribution in [1.82, 2.24) is 0 Å². The molecule has 0 N–H and O–H groups in total. The van der Waals surface area contributed by atoms with Crippen molar-refractivity contribution >= 4 is 0 Å². The summed E-state index contributed by atoms with van der Waals surface area (Å²) in [6.45, 7) is 6.42. The van der Waals surface area contributed by atoms with E-state index >= 15 is 0 Å². The molecule has 74 valence electrons. The third-order valence-electron chi connectivity index (χ3n) is 1.62. The maximum absolute atomic E-state index is 5.32. The van der Waals surface area contributed by atoms with Crippen LogP contribution in [0, 0.1) is 6.92 Å². The third-order valence-corrected chi connectivity index (χ3v) is 1.62. The van der Waals surface area contributed by atoms with Crippen LogP contribution in [0.1, 0.15) is 18.4 Å². The average molecular weight is 184 g/mol. The SMILES string of the molecule is CCOCCOCc1ccc(C)o1. The summed E-state index contributed by atoms with van der Waals surface area (Å²) in [4.78, 5) is 0. The van der Waals surface area contributed by atoms with Crippen molar-refractivity contribution in [2.75, 3.05) is 19.8 Å². The second kappa shape index (κ2) is 5.78. The van der Waals surface area contributed by atoms with Gasteiger partial charge in [-0.15, -0.1) is 0 Å². The van der Waals surface area contributed by atoms with Gasteiger partial charge in [0.2, 0.25) is 0 Å². The predicted molar refractivity (Wildman–Crippen MR) is 49.6 cm³/mol. The van der Waals surface area contributed by atoms with Crippen LogP contribution in [0.5, 0.6) is 0 Å². The van der Waals surface area contributed by atoms with Crippen molar-refractivity contribution in [3.8, 4) is 0 Å². The summed E-state index contributed by atoms with van der Waals surface area (Å²) in [5.74, 6) is 1.79. The monoisotopic (exact) mass is 184 g/mol. The lowest BCUT2D eigenvalue weighted by atomic mass is 10.4. The Balaban J connectivity index is 2.06. The fourth-order valence-electron chi connectivity index (χ4n) is 0.998. The normalized spacial score (nSPS) is 10.6. The molecule has 1 aromatic rings. The molecule has 1 rings (SSSR count). The minimum atomic E-state index is 0.529. The first-order chi connectivity index (χ1) is 6.33. The van der Waals surface area contributed by atoms with Crippen molar-refractivity contribution < 1.29 is 13.9 Å². The van der Waals surface area contributed by atoms with Crippen molar-refractivity contribution in [1.29, 1.82) is 0 Å². The summed E-state index contributed by atoms with van der Waals surface area (Å²) < 4.78 is 15.8. The van der Waals surface area contributed by atoms with Crippen molar-refractivity contribution in [3.63, 3.8) is 0 Å². The molecular formula is C10H16O3. The highest BCUT2D eigenvalue weighted by Gasteiger charge is 1.97. The van der Waals surface area contributed by atoms with E-state index in [-0.39, 0.29) is 0 Å². The largest absolute Gasteiger partial charge is 0.464 e. The smallest absolute Gasteiger partial charge is 0.129 e. The lowest BCUT2D eigenvalue weighted by molar-refractivity contribution is 0.0388. The molecule has 0 saturated carbocycles. The highest BCUT2D eigenvalue weighted by Crippen LogP contribution is 2.06. The molecule has 0 fully saturated rings. The van der Waals surface area contributed by atoms with Gasteiger partial charge in [-0.3, -0.25) is 0 Å². The molecule has 0 unspecified atom stereocenters. The van der Waals surface area contributed by atoms with Crippen LogP contribution in [0.25, 0.3) is 0 Å². The summed E-state index contributed by atoms with van der Waals surface area (Å²) in [6, 6.07) is 3.86. The standard InChI is InChI=1S/C10H16O3/c1-3-11-6-7-12-8-10-5-4-9(2)13-10/h4-5H,3,6-8H2,1-2H3. The molecule has 0 radical (unpaired) electrons. The molecule has 0 aromatic carbocycles. The zero-order valence-electron chi connectivity index (χ0n) is 8.21. The van der Waals surface area contributed by atoms with Gasteiger partial charge in [0.1, 0.15) is 18.1 Å². The van der Waals surface area contributed by atoms with Gasteiger partial charge in [0.05, 0.1) is 13.2 Å².